The van der Waals surface area contributed by atoms with E-state index in [1.807, 2.05) is 18.2 Å². The van der Waals surface area contributed by atoms with Crippen LogP contribution in [0.15, 0.2) is 55.0 Å². The quantitative estimate of drug-likeness (QED) is 0.404. The molecule has 1 saturated heterocycles. The Hall–Kier alpha value is -3.91. The molecule has 2 aliphatic heterocycles. The number of rotatable bonds is 4. The number of carbonyl (C=O) groups is 2. The van der Waals surface area contributed by atoms with E-state index < -0.39 is 0 Å². The lowest BCUT2D eigenvalue weighted by Gasteiger charge is -2.23. The molecule has 8 nitrogen and oxygen atoms in total. The van der Waals surface area contributed by atoms with Crippen LogP contribution in [0.4, 0.5) is 21.9 Å². The van der Waals surface area contributed by atoms with E-state index in [1.54, 1.807) is 30.7 Å². The molecule has 1 aromatic heterocycles. The third-order valence-corrected chi connectivity index (χ3v) is 5.86. The Balaban J connectivity index is 1.24. The van der Waals surface area contributed by atoms with Crippen molar-refractivity contribution in [2.24, 2.45) is 0 Å². The first-order valence-corrected chi connectivity index (χ1v) is 10.7. The summed E-state index contributed by atoms with van der Waals surface area (Å²) >= 11 is 0. The fourth-order valence-electron chi connectivity index (χ4n) is 4.20. The lowest BCUT2D eigenvalue weighted by molar-refractivity contribution is -0.110. The van der Waals surface area contributed by atoms with E-state index in [4.69, 9.17) is 0 Å². The number of anilines is 3. The van der Waals surface area contributed by atoms with Crippen LogP contribution in [0.3, 0.4) is 0 Å². The van der Waals surface area contributed by atoms with Gasteiger partial charge in [0, 0.05) is 16.9 Å². The first-order valence-electron chi connectivity index (χ1n) is 10.7. The lowest BCUT2D eigenvalue weighted by Crippen LogP contribution is -2.26. The number of hydrogen-bond acceptors (Lipinski definition) is 4. The molecule has 2 aromatic carbocycles. The Morgan fingerprint density at radius 3 is 2.53 bits per heavy atom. The summed E-state index contributed by atoms with van der Waals surface area (Å²) in [6.45, 7) is 2.10. The summed E-state index contributed by atoms with van der Waals surface area (Å²) in [5, 5.41) is 11.9. The zero-order valence-corrected chi connectivity index (χ0v) is 17.4. The number of nitrogens with zero attached hydrogens (tertiary/aromatic N) is 1. The number of fused-ring (bicyclic) bond motifs is 1. The van der Waals surface area contributed by atoms with Gasteiger partial charge in [-0.25, -0.2) is 9.78 Å². The zero-order valence-electron chi connectivity index (χ0n) is 17.4. The van der Waals surface area contributed by atoms with Crippen molar-refractivity contribution in [2.75, 3.05) is 29.0 Å². The fraction of sp³-hybridized carbons (Fsp3) is 0.208. The van der Waals surface area contributed by atoms with Gasteiger partial charge in [-0.3, -0.25) is 4.79 Å². The van der Waals surface area contributed by atoms with E-state index in [-0.39, 0.29) is 11.9 Å². The second-order valence-corrected chi connectivity index (χ2v) is 8.00. The number of aromatic nitrogens is 2. The van der Waals surface area contributed by atoms with Crippen molar-refractivity contribution in [3.05, 3.63) is 71.8 Å². The molecule has 3 amide bonds. The molecular formula is C24H24N6O2. The number of amides is 3. The van der Waals surface area contributed by atoms with Gasteiger partial charge in [-0.05, 0) is 67.8 Å². The summed E-state index contributed by atoms with van der Waals surface area (Å²) in [7, 11) is 0. The lowest BCUT2D eigenvalue weighted by atomic mass is 9.90. The summed E-state index contributed by atoms with van der Waals surface area (Å²) in [5.74, 6) is 0.387. The minimum Gasteiger partial charge on any atom is -0.345 e. The van der Waals surface area contributed by atoms with Crippen LogP contribution < -0.4 is 21.3 Å². The number of carbonyl (C=O) groups excluding carboxylic acids is 2. The number of urea groups is 1. The second kappa shape index (κ2) is 8.68. The maximum absolute atomic E-state index is 12.5. The Bertz CT molecular complexity index is 1160. The molecule has 5 N–H and O–H groups in total. The van der Waals surface area contributed by atoms with Crippen molar-refractivity contribution in [3.63, 3.8) is 0 Å². The molecule has 5 rings (SSSR count). The molecule has 3 heterocycles. The monoisotopic (exact) mass is 428 g/mol. The van der Waals surface area contributed by atoms with E-state index >= 15 is 0 Å². The van der Waals surface area contributed by atoms with Crippen LogP contribution in [0.25, 0.3) is 11.6 Å². The summed E-state index contributed by atoms with van der Waals surface area (Å²) in [6.07, 6.45) is 7.24. The first-order chi connectivity index (χ1) is 15.7. The van der Waals surface area contributed by atoms with Gasteiger partial charge in [-0.2, -0.15) is 0 Å². The largest absolute Gasteiger partial charge is 0.345 e. The third kappa shape index (κ3) is 4.26. The summed E-state index contributed by atoms with van der Waals surface area (Å²) < 4.78 is 0. The number of piperidine rings is 1. The van der Waals surface area contributed by atoms with Crippen LogP contribution in [0.5, 0.6) is 0 Å². The highest BCUT2D eigenvalue weighted by atomic mass is 16.2. The van der Waals surface area contributed by atoms with Gasteiger partial charge in [0.2, 0.25) is 0 Å². The summed E-state index contributed by atoms with van der Waals surface area (Å²) in [4.78, 5) is 31.8. The number of nitrogens with one attached hydrogen (secondary N) is 5. The Morgan fingerprint density at radius 1 is 1.03 bits per heavy atom. The molecule has 0 aliphatic carbocycles. The smallest absolute Gasteiger partial charge is 0.323 e. The van der Waals surface area contributed by atoms with Gasteiger partial charge < -0.3 is 26.3 Å². The van der Waals surface area contributed by atoms with Gasteiger partial charge >= 0.3 is 6.03 Å². The molecule has 162 valence electrons. The first kappa shape index (κ1) is 20.0. The molecule has 2 aliphatic rings. The van der Waals surface area contributed by atoms with Crippen LogP contribution in [0, 0.1) is 0 Å². The summed E-state index contributed by atoms with van der Waals surface area (Å²) in [5.41, 5.74) is 5.37. The van der Waals surface area contributed by atoms with Crippen molar-refractivity contribution < 1.29 is 9.59 Å². The highest BCUT2D eigenvalue weighted by molar-refractivity contribution is 6.35. The van der Waals surface area contributed by atoms with Crippen LogP contribution in [-0.4, -0.2) is 35.0 Å². The van der Waals surface area contributed by atoms with Gasteiger partial charge in [-0.15, -0.1) is 0 Å². The third-order valence-electron chi connectivity index (χ3n) is 5.86. The summed E-state index contributed by atoms with van der Waals surface area (Å²) in [6, 6.07) is 13.1. The second-order valence-electron chi connectivity index (χ2n) is 8.00. The minimum absolute atomic E-state index is 0.190. The molecule has 0 bridgehead atoms. The maximum Gasteiger partial charge on any atom is 0.323 e. The van der Waals surface area contributed by atoms with Gasteiger partial charge in [0.05, 0.1) is 29.5 Å². The van der Waals surface area contributed by atoms with Gasteiger partial charge in [-0.1, -0.05) is 18.2 Å². The fourth-order valence-corrected chi connectivity index (χ4v) is 4.20. The van der Waals surface area contributed by atoms with Crippen molar-refractivity contribution in [1.29, 1.82) is 0 Å². The van der Waals surface area contributed by atoms with E-state index in [0.29, 0.717) is 22.9 Å². The highest BCUT2D eigenvalue weighted by Gasteiger charge is 2.24. The zero-order chi connectivity index (χ0) is 21.9. The number of aromatic amines is 1. The number of benzene rings is 2. The number of hydrogen-bond donors (Lipinski definition) is 5. The maximum atomic E-state index is 12.5. The van der Waals surface area contributed by atoms with Crippen LogP contribution >= 0.6 is 0 Å². The topological polar surface area (TPSA) is 111 Å². The minimum atomic E-state index is -0.336. The average molecular weight is 428 g/mol. The van der Waals surface area contributed by atoms with Crippen molar-refractivity contribution >= 4 is 40.6 Å². The normalized spacial score (nSPS) is 17.1. The van der Waals surface area contributed by atoms with E-state index in [2.05, 4.69) is 43.4 Å². The van der Waals surface area contributed by atoms with Crippen LogP contribution in [0.2, 0.25) is 0 Å². The molecule has 3 aromatic rings. The standard InChI is InChI=1S/C24H24N6O2/c31-23-21(11-19-13-26-14-27-19)20-6-5-18(12-22(20)30-23)29-24(32)28-17-3-1-15(2-4-17)16-7-9-25-10-8-16/h1-6,11-14,16,25H,7-10H2,(H,26,27)(H,30,31)(H2,28,29,32)/b21-11-. The molecule has 0 spiro atoms. The molecule has 0 saturated carbocycles. The SMILES string of the molecule is O=C(Nc1ccc(C2CCNCC2)cc1)Nc1ccc2c(c1)NC(=O)/C2=C\c1cnc[nH]1. The number of H-pyrrole nitrogens is 1. The predicted molar refractivity (Wildman–Crippen MR) is 125 cm³/mol. The highest BCUT2D eigenvalue weighted by Crippen LogP contribution is 2.35. The Kier molecular flexibility index (Phi) is 5.43. The predicted octanol–water partition coefficient (Wildman–Crippen LogP) is 4.01. The van der Waals surface area contributed by atoms with E-state index in [0.717, 1.165) is 42.9 Å². The molecule has 0 radical (unpaired) electrons. The van der Waals surface area contributed by atoms with E-state index in [9.17, 15) is 9.59 Å². The van der Waals surface area contributed by atoms with Crippen molar-refractivity contribution in [2.45, 2.75) is 18.8 Å². The van der Waals surface area contributed by atoms with E-state index in [1.165, 1.54) is 5.56 Å². The molecule has 32 heavy (non-hydrogen) atoms. The van der Waals surface area contributed by atoms with Crippen LogP contribution in [-0.2, 0) is 4.79 Å². The molecule has 1 fully saturated rings. The van der Waals surface area contributed by atoms with Crippen LogP contribution in [0.1, 0.15) is 35.6 Å². The number of imidazole rings is 1. The average Bonchev–Trinajstić information content (AvgIpc) is 3.43. The van der Waals surface area contributed by atoms with Gasteiger partial charge in [0.15, 0.2) is 0 Å². The molecular weight excluding hydrogens is 404 g/mol. The molecule has 8 heteroatoms. The van der Waals surface area contributed by atoms with Gasteiger partial charge in [0.25, 0.3) is 5.91 Å². The molecule has 0 atom stereocenters. The van der Waals surface area contributed by atoms with Crippen molar-refractivity contribution in [1.82, 2.24) is 15.3 Å². The molecule has 0 unspecified atom stereocenters. The van der Waals surface area contributed by atoms with Gasteiger partial charge in [0.1, 0.15) is 0 Å². The van der Waals surface area contributed by atoms with Crippen molar-refractivity contribution in [3.8, 4) is 0 Å². The Labute approximate surface area is 185 Å². The Morgan fingerprint density at radius 2 is 1.78 bits per heavy atom.